The Hall–Kier alpha value is -1.77. The van der Waals surface area contributed by atoms with Gasteiger partial charge in [0.1, 0.15) is 5.82 Å². The maximum atomic E-state index is 12.0. The van der Waals surface area contributed by atoms with Crippen LogP contribution in [0.1, 0.15) is 25.7 Å². The minimum Gasteiger partial charge on any atom is -0.369 e. The van der Waals surface area contributed by atoms with Gasteiger partial charge in [0.2, 0.25) is 0 Å². The largest absolute Gasteiger partial charge is 0.369 e. The smallest absolute Gasteiger partial charge is 0.257 e. The Morgan fingerprint density at radius 1 is 1.16 bits per heavy atom. The maximum Gasteiger partial charge on any atom is 0.257 e. The summed E-state index contributed by atoms with van der Waals surface area (Å²) in [4.78, 5) is 15.0. The molecule has 2 fully saturated rings. The Kier molecular flexibility index (Phi) is 2.40. The number of benzene rings is 1. The number of aromatic amines is 1. The second-order valence-electron chi connectivity index (χ2n) is 6.03. The Bertz CT molecular complexity index is 676. The van der Waals surface area contributed by atoms with E-state index in [-0.39, 0.29) is 5.56 Å². The van der Waals surface area contributed by atoms with Gasteiger partial charge in [-0.3, -0.25) is 4.79 Å². The van der Waals surface area contributed by atoms with Gasteiger partial charge < -0.3 is 10.3 Å². The molecule has 3 nitrogen and oxygen atoms in total. The molecule has 2 aliphatic carbocycles. The van der Waals surface area contributed by atoms with Crippen molar-refractivity contribution in [1.29, 1.82) is 0 Å². The fraction of sp³-hybridized carbons (Fsp3) is 0.438. The van der Waals surface area contributed by atoms with Crippen LogP contribution in [-0.2, 0) is 0 Å². The van der Waals surface area contributed by atoms with Gasteiger partial charge in [-0.15, -0.1) is 0 Å². The van der Waals surface area contributed by atoms with E-state index in [9.17, 15) is 4.79 Å². The Morgan fingerprint density at radius 3 is 2.84 bits per heavy atom. The molecule has 1 aromatic heterocycles. The summed E-state index contributed by atoms with van der Waals surface area (Å²) < 4.78 is 0. The van der Waals surface area contributed by atoms with Crippen LogP contribution in [0.5, 0.6) is 0 Å². The van der Waals surface area contributed by atoms with E-state index in [0.717, 1.165) is 28.4 Å². The molecule has 2 aliphatic rings. The lowest BCUT2D eigenvalue weighted by Gasteiger charge is -2.23. The molecule has 0 aliphatic heterocycles. The van der Waals surface area contributed by atoms with Crippen molar-refractivity contribution in [1.82, 2.24) is 4.98 Å². The van der Waals surface area contributed by atoms with E-state index in [1.165, 1.54) is 25.7 Å². The molecule has 2 aromatic rings. The molecule has 0 spiro atoms. The second-order valence-corrected chi connectivity index (χ2v) is 6.03. The topological polar surface area (TPSA) is 44.9 Å². The summed E-state index contributed by atoms with van der Waals surface area (Å²) in [5, 5.41) is 5.33. The van der Waals surface area contributed by atoms with Crippen molar-refractivity contribution in [3.8, 4) is 0 Å². The number of H-pyrrole nitrogens is 1. The van der Waals surface area contributed by atoms with Gasteiger partial charge in [0.25, 0.3) is 5.56 Å². The van der Waals surface area contributed by atoms with Crippen molar-refractivity contribution >= 4 is 16.6 Å². The zero-order chi connectivity index (χ0) is 12.8. The fourth-order valence-electron chi connectivity index (χ4n) is 3.91. The minimum absolute atomic E-state index is 0.00348. The van der Waals surface area contributed by atoms with E-state index in [1.807, 2.05) is 24.3 Å². The highest BCUT2D eigenvalue weighted by Crippen LogP contribution is 2.45. The molecule has 2 bridgehead atoms. The van der Waals surface area contributed by atoms with Crippen LogP contribution in [0.4, 0.5) is 5.82 Å². The summed E-state index contributed by atoms with van der Waals surface area (Å²) in [5.74, 6) is 2.59. The fourth-order valence-corrected chi connectivity index (χ4v) is 3.91. The van der Waals surface area contributed by atoms with Crippen LogP contribution in [0.3, 0.4) is 0 Å². The third-order valence-corrected chi connectivity index (χ3v) is 4.83. The standard InChI is InChI=1S/C16H18N2O/c19-16-13-4-2-1-3-11(13)9-15(18-16)17-14-8-10-5-6-12(14)7-10/h1-4,9-10,12,14H,5-8H2,(H2,17,18,19). The van der Waals surface area contributed by atoms with E-state index < -0.39 is 0 Å². The number of fused-ring (bicyclic) bond motifs is 3. The van der Waals surface area contributed by atoms with Crippen LogP contribution in [0.2, 0.25) is 0 Å². The molecule has 2 saturated carbocycles. The van der Waals surface area contributed by atoms with Crippen LogP contribution in [-0.4, -0.2) is 11.0 Å². The predicted octanol–water partition coefficient (Wildman–Crippen LogP) is 3.13. The predicted molar refractivity (Wildman–Crippen MR) is 77.4 cm³/mol. The van der Waals surface area contributed by atoms with Crippen LogP contribution in [0.15, 0.2) is 35.1 Å². The SMILES string of the molecule is O=c1[nH]c(NC2CC3CCC2C3)cc2ccccc12. The zero-order valence-corrected chi connectivity index (χ0v) is 10.9. The van der Waals surface area contributed by atoms with E-state index in [0.29, 0.717) is 6.04 Å². The summed E-state index contributed by atoms with van der Waals surface area (Å²) in [5.41, 5.74) is 0.00348. The highest BCUT2D eigenvalue weighted by molar-refractivity contribution is 5.83. The van der Waals surface area contributed by atoms with Gasteiger partial charge in [0.05, 0.1) is 0 Å². The second kappa shape index (κ2) is 4.12. The van der Waals surface area contributed by atoms with Gasteiger partial charge in [-0.1, -0.05) is 24.6 Å². The van der Waals surface area contributed by atoms with E-state index in [1.54, 1.807) is 0 Å². The zero-order valence-electron chi connectivity index (χ0n) is 10.9. The summed E-state index contributed by atoms with van der Waals surface area (Å²) in [7, 11) is 0. The molecule has 98 valence electrons. The molecule has 3 unspecified atom stereocenters. The molecule has 0 amide bonds. The lowest BCUT2D eigenvalue weighted by atomic mass is 9.95. The third-order valence-electron chi connectivity index (χ3n) is 4.83. The van der Waals surface area contributed by atoms with Crippen molar-refractivity contribution in [3.63, 3.8) is 0 Å². The number of aromatic nitrogens is 1. The molecule has 2 N–H and O–H groups in total. The summed E-state index contributed by atoms with van der Waals surface area (Å²) in [6.45, 7) is 0. The first-order valence-electron chi connectivity index (χ1n) is 7.18. The quantitative estimate of drug-likeness (QED) is 0.864. The highest BCUT2D eigenvalue weighted by atomic mass is 16.1. The number of anilines is 1. The number of pyridine rings is 1. The Labute approximate surface area is 112 Å². The van der Waals surface area contributed by atoms with Crippen molar-refractivity contribution in [2.24, 2.45) is 11.8 Å². The molecule has 1 aromatic carbocycles. The van der Waals surface area contributed by atoms with E-state index >= 15 is 0 Å². The molecular weight excluding hydrogens is 236 g/mol. The highest BCUT2D eigenvalue weighted by Gasteiger charge is 2.39. The summed E-state index contributed by atoms with van der Waals surface area (Å²) in [6, 6.07) is 10.4. The first-order valence-corrected chi connectivity index (χ1v) is 7.18. The molecule has 3 atom stereocenters. The monoisotopic (exact) mass is 254 g/mol. The van der Waals surface area contributed by atoms with Crippen molar-refractivity contribution < 1.29 is 0 Å². The molecule has 3 heteroatoms. The molecule has 0 radical (unpaired) electrons. The van der Waals surface area contributed by atoms with Crippen molar-refractivity contribution in [2.45, 2.75) is 31.7 Å². The minimum atomic E-state index is 0.00348. The van der Waals surface area contributed by atoms with Gasteiger partial charge in [-0.25, -0.2) is 0 Å². The van der Waals surface area contributed by atoms with Crippen LogP contribution in [0, 0.1) is 11.8 Å². The first kappa shape index (κ1) is 11.1. The first-order chi connectivity index (χ1) is 9.29. The number of rotatable bonds is 2. The van der Waals surface area contributed by atoms with Gasteiger partial charge in [0, 0.05) is 11.4 Å². The molecule has 0 saturated heterocycles. The third kappa shape index (κ3) is 1.84. The Morgan fingerprint density at radius 2 is 2.05 bits per heavy atom. The number of hydrogen-bond acceptors (Lipinski definition) is 2. The normalized spacial score (nSPS) is 28.9. The average molecular weight is 254 g/mol. The number of hydrogen-bond donors (Lipinski definition) is 2. The summed E-state index contributed by atoms with van der Waals surface area (Å²) in [6.07, 6.45) is 5.38. The summed E-state index contributed by atoms with van der Waals surface area (Å²) >= 11 is 0. The molecule has 4 rings (SSSR count). The maximum absolute atomic E-state index is 12.0. The molecule has 19 heavy (non-hydrogen) atoms. The van der Waals surface area contributed by atoms with Gasteiger partial charge in [-0.05, 0) is 48.6 Å². The van der Waals surface area contributed by atoms with E-state index in [4.69, 9.17) is 0 Å². The van der Waals surface area contributed by atoms with Crippen LogP contribution in [0.25, 0.3) is 10.8 Å². The van der Waals surface area contributed by atoms with Gasteiger partial charge in [-0.2, -0.15) is 0 Å². The van der Waals surface area contributed by atoms with Crippen molar-refractivity contribution in [2.75, 3.05) is 5.32 Å². The average Bonchev–Trinajstić information content (AvgIpc) is 3.01. The lowest BCUT2D eigenvalue weighted by molar-refractivity contribution is 0.439. The molecule has 1 heterocycles. The van der Waals surface area contributed by atoms with Crippen LogP contribution >= 0.6 is 0 Å². The Balaban J connectivity index is 1.66. The number of nitrogens with one attached hydrogen (secondary N) is 2. The van der Waals surface area contributed by atoms with Crippen molar-refractivity contribution in [3.05, 3.63) is 40.7 Å². The lowest BCUT2D eigenvalue weighted by Crippen LogP contribution is -2.27. The van der Waals surface area contributed by atoms with E-state index in [2.05, 4.69) is 16.4 Å². The van der Waals surface area contributed by atoms with Crippen LogP contribution < -0.4 is 10.9 Å². The van der Waals surface area contributed by atoms with Gasteiger partial charge >= 0.3 is 0 Å². The molecular formula is C16H18N2O. The van der Waals surface area contributed by atoms with Gasteiger partial charge in [0.15, 0.2) is 0 Å².